The summed E-state index contributed by atoms with van der Waals surface area (Å²) in [5.74, 6) is -0.160. The minimum atomic E-state index is -0.633. The van der Waals surface area contributed by atoms with Crippen LogP contribution in [0, 0.1) is 0 Å². The maximum atomic E-state index is 13.3. The molecular weight excluding hydrogens is 398 g/mol. The molecule has 0 atom stereocenters. The smallest absolute Gasteiger partial charge is 0.340 e. The van der Waals surface area contributed by atoms with Crippen molar-refractivity contribution in [3.8, 4) is 17.2 Å². The Bertz CT molecular complexity index is 1050. The zero-order valence-corrected chi connectivity index (χ0v) is 18.0. The number of anilines is 1. The molecule has 1 heterocycles. The van der Waals surface area contributed by atoms with Crippen LogP contribution >= 0.6 is 0 Å². The molecule has 0 saturated carbocycles. The molecule has 0 aromatic heterocycles. The Morgan fingerprint density at radius 1 is 1.06 bits per heavy atom. The van der Waals surface area contributed by atoms with E-state index >= 15 is 0 Å². The average Bonchev–Trinajstić information content (AvgIpc) is 3.01. The molecular formula is C24H25NO6. The first kappa shape index (κ1) is 22.0. The maximum Gasteiger partial charge on any atom is 0.340 e. The van der Waals surface area contributed by atoms with Gasteiger partial charge in [-0.15, -0.1) is 0 Å². The number of rotatable bonds is 7. The summed E-state index contributed by atoms with van der Waals surface area (Å²) in [7, 11) is 1.26. The minimum Gasteiger partial charge on any atom is -0.504 e. The number of hydrogen-bond donors (Lipinski definition) is 1. The fourth-order valence-electron chi connectivity index (χ4n) is 3.43. The summed E-state index contributed by atoms with van der Waals surface area (Å²) in [6.07, 6.45) is 1.48. The van der Waals surface area contributed by atoms with Crippen LogP contribution in [0.1, 0.15) is 26.3 Å². The zero-order chi connectivity index (χ0) is 22.5. The molecule has 0 radical (unpaired) electrons. The van der Waals surface area contributed by atoms with Crippen LogP contribution in [0.3, 0.4) is 0 Å². The van der Waals surface area contributed by atoms with Crippen LogP contribution in [-0.4, -0.2) is 37.3 Å². The molecule has 7 heteroatoms. The number of methoxy groups -OCH3 is 1. The molecule has 7 nitrogen and oxygen atoms in total. The van der Waals surface area contributed by atoms with Gasteiger partial charge in [0.1, 0.15) is 5.75 Å². The van der Waals surface area contributed by atoms with Gasteiger partial charge in [-0.2, -0.15) is 0 Å². The summed E-state index contributed by atoms with van der Waals surface area (Å²) in [5.41, 5.74) is 1.65. The molecule has 0 bridgehead atoms. The Balaban J connectivity index is 2.09. The van der Waals surface area contributed by atoms with Gasteiger partial charge in [-0.1, -0.05) is 12.1 Å². The van der Waals surface area contributed by atoms with E-state index in [0.29, 0.717) is 41.7 Å². The highest BCUT2D eigenvalue weighted by Gasteiger charge is 2.38. The third kappa shape index (κ3) is 4.26. The van der Waals surface area contributed by atoms with Crippen LogP contribution in [0.25, 0.3) is 6.08 Å². The van der Waals surface area contributed by atoms with Crippen molar-refractivity contribution in [2.45, 2.75) is 20.8 Å². The summed E-state index contributed by atoms with van der Waals surface area (Å²) in [6.45, 7) is 6.29. The number of hydrogen-bond acceptors (Lipinski definition) is 6. The van der Waals surface area contributed by atoms with Gasteiger partial charge >= 0.3 is 5.97 Å². The van der Waals surface area contributed by atoms with Crippen molar-refractivity contribution in [1.82, 2.24) is 0 Å². The molecule has 2 aromatic carbocycles. The van der Waals surface area contributed by atoms with Crippen molar-refractivity contribution < 1.29 is 28.9 Å². The maximum absolute atomic E-state index is 13.3. The first-order valence-electron chi connectivity index (χ1n) is 9.96. The number of ether oxygens (including phenoxy) is 3. The molecule has 1 amide bonds. The van der Waals surface area contributed by atoms with E-state index in [0.717, 1.165) is 0 Å². The predicted octanol–water partition coefficient (Wildman–Crippen LogP) is 4.07. The topological polar surface area (TPSA) is 85.3 Å². The Hall–Kier alpha value is -3.74. The molecule has 0 spiro atoms. The van der Waals surface area contributed by atoms with Gasteiger partial charge in [0.25, 0.3) is 5.91 Å². The van der Waals surface area contributed by atoms with Crippen molar-refractivity contribution in [3.63, 3.8) is 0 Å². The van der Waals surface area contributed by atoms with E-state index in [-0.39, 0.29) is 16.9 Å². The van der Waals surface area contributed by atoms with Gasteiger partial charge in [0, 0.05) is 16.9 Å². The second kappa shape index (κ2) is 9.38. The van der Waals surface area contributed by atoms with E-state index in [9.17, 15) is 14.7 Å². The molecule has 162 valence electrons. The lowest BCUT2D eigenvalue weighted by molar-refractivity contribution is -0.136. The number of carbonyl (C=O) groups is 2. The Morgan fingerprint density at radius 3 is 2.35 bits per heavy atom. The molecule has 1 aliphatic heterocycles. The van der Waals surface area contributed by atoms with Crippen LogP contribution in [-0.2, 0) is 14.3 Å². The lowest BCUT2D eigenvalue weighted by Crippen LogP contribution is -2.24. The van der Waals surface area contributed by atoms with Crippen molar-refractivity contribution >= 4 is 23.6 Å². The van der Waals surface area contributed by atoms with Crippen LogP contribution in [0.2, 0.25) is 0 Å². The highest BCUT2D eigenvalue weighted by Crippen LogP contribution is 2.38. The van der Waals surface area contributed by atoms with Crippen molar-refractivity contribution in [2.75, 3.05) is 25.2 Å². The lowest BCUT2D eigenvalue weighted by Gasteiger charge is -2.18. The largest absolute Gasteiger partial charge is 0.504 e. The summed E-state index contributed by atoms with van der Waals surface area (Å²) in [5, 5.41) is 10.5. The molecule has 0 unspecified atom stereocenters. The number of benzene rings is 2. The number of phenolic OH excluding ortho intramolecular Hbond substituents is 1. The van der Waals surface area contributed by atoms with E-state index in [2.05, 4.69) is 0 Å². The van der Waals surface area contributed by atoms with Gasteiger partial charge in [0.15, 0.2) is 11.5 Å². The second-order valence-electron chi connectivity index (χ2n) is 6.70. The number of nitrogens with zero attached hydrogens (tertiary/aromatic N) is 1. The van der Waals surface area contributed by atoms with Crippen LogP contribution in [0.4, 0.5) is 5.69 Å². The van der Waals surface area contributed by atoms with Crippen LogP contribution < -0.4 is 14.4 Å². The van der Waals surface area contributed by atoms with Gasteiger partial charge in [0.2, 0.25) is 0 Å². The first-order chi connectivity index (χ1) is 14.9. The fraction of sp³-hybridized carbons (Fsp3) is 0.250. The van der Waals surface area contributed by atoms with E-state index in [4.69, 9.17) is 14.2 Å². The van der Waals surface area contributed by atoms with Crippen LogP contribution in [0.5, 0.6) is 17.2 Å². The molecule has 31 heavy (non-hydrogen) atoms. The fourth-order valence-corrected chi connectivity index (χ4v) is 3.43. The third-order valence-electron chi connectivity index (χ3n) is 4.83. The average molecular weight is 423 g/mol. The molecule has 2 aromatic rings. The van der Waals surface area contributed by atoms with Gasteiger partial charge < -0.3 is 19.3 Å². The Kier molecular flexibility index (Phi) is 6.65. The zero-order valence-electron chi connectivity index (χ0n) is 18.0. The third-order valence-corrected chi connectivity index (χ3v) is 4.83. The number of para-hydroxylation sites is 1. The number of amides is 1. The number of allylic oxidation sites excluding steroid dienone is 1. The van der Waals surface area contributed by atoms with E-state index < -0.39 is 11.9 Å². The molecule has 3 rings (SSSR count). The van der Waals surface area contributed by atoms with Gasteiger partial charge in [-0.25, -0.2) is 4.79 Å². The summed E-state index contributed by atoms with van der Waals surface area (Å²) >= 11 is 0. The summed E-state index contributed by atoms with van der Waals surface area (Å²) < 4.78 is 15.8. The van der Waals surface area contributed by atoms with E-state index in [1.807, 2.05) is 6.92 Å². The number of esters is 1. The van der Waals surface area contributed by atoms with E-state index in [1.165, 1.54) is 18.1 Å². The lowest BCUT2D eigenvalue weighted by atomic mass is 10.0. The monoisotopic (exact) mass is 423 g/mol. The highest BCUT2D eigenvalue weighted by atomic mass is 16.5. The highest BCUT2D eigenvalue weighted by molar-refractivity contribution is 6.24. The van der Waals surface area contributed by atoms with Crippen molar-refractivity contribution in [2.24, 2.45) is 0 Å². The Labute approximate surface area is 181 Å². The van der Waals surface area contributed by atoms with E-state index in [1.54, 1.807) is 56.3 Å². The molecule has 0 aliphatic carbocycles. The van der Waals surface area contributed by atoms with Gasteiger partial charge in [-0.3, -0.25) is 9.69 Å². The normalized spacial score (nSPS) is 14.9. The minimum absolute atomic E-state index is 0.106. The standard InChI is InChI=1S/C24H25NO6/c1-5-30-18-12-10-17(11-13-18)25-15(3)21(24(28)29-4)19(23(25)27)14-16-8-7-9-20(22(16)26)31-6-2/h7-14,26H,5-6H2,1-4H3/b19-14-. The molecule has 1 N–H and O–H groups in total. The molecule has 1 aliphatic rings. The van der Waals surface area contributed by atoms with Crippen molar-refractivity contribution in [1.29, 1.82) is 0 Å². The predicted molar refractivity (Wildman–Crippen MR) is 117 cm³/mol. The SMILES string of the molecule is CCOc1ccc(N2C(=O)/C(=C\c3cccc(OCC)c3O)C(C(=O)OC)=C2C)cc1. The molecule has 0 fully saturated rings. The Morgan fingerprint density at radius 2 is 1.74 bits per heavy atom. The summed E-state index contributed by atoms with van der Waals surface area (Å²) in [6, 6.07) is 12.0. The van der Waals surface area contributed by atoms with Crippen LogP contribution in [0.15, 0.2) is 59.3 Å². The number of carbonyl (C=O) groups excluding carboxylic acids is 2. The molecule has 0 saturated heterocycles. The quantitative estimate of drug-likeness (QED) is 0.534. The van der Waals surface area contributed by atoms with Gasteiger partial charge in [-0.05, 0) is 57.2 Å². The summed E-state index contributed by atoms with van der Waals surface area (Å²) in [4.78, 5) is 27.3. The first-order valence-corrected chi connectivity index (χ1v) is 9.96. The number of aromatic hydroxyl groups is 1. The van der Waals surface area contributed by atoms with Gasteiger partial charge in [0.05, 0.1) is 31.5 Å². The second-order valence-corrected chi connectivity index (χ2v) is 6.70. The van der Waals surface area contributed by atoms with Crippen molar-refractivity contribution in [3.05, 3.63) is 64.9 Å². The number of phenols is 1.